The third kappa shape index (κ3) is 3.50. The van der Waals surface area contributed by atoms with E-state index in [9.17, 15) is 5.11 Å². The highest BCUT2D eigenvalue weighted by molar-refractivity contribution is 5.46. The van der Waals surface area contributed by atoms with Gasteiger partial charge in [-0.25, -0.2) is 0 Å². The molecule has 1 aromatic carbocycles. The topological polar surface area (TPSA) is 24.7 Å². The van der Waals surface area contributed by atoms with Crippen LogP contribution in [0.15, 0.2) is 12.1 Å². The summed E-state index contributed by atoms with van der Waals surface area (Å²) >= 11 is 0. The van der Waals surface area contributed by atoms with Crippen LogP contribution in [0, 0.1) is 6.92 Å². The minimum absolute atomic E-state index is 0.00207. The lowest BCUT2D eigenvalue weighted by atomic mass is 9.84. The van der Waals surface area contributed by atoms with E-state index in [0.29, 0.717) is 5.75 Å². The van der Waals surface area contributed by atoms with Crippen molar-refractivity contribution in [1.82, 2.24) is 0 Å². The van der Waals surface area contributed by atoms with Crippen molar-refractivity contribution in [3.8, 4) is 5.75 Å². The summed E-state index contributed by atoms with van der Waals surface area (Å²) in [4.78, 5) is 1.69. The van der Waals surface area contributed by atoms with Crippen LogP contribution in [0.4, 0.5) is 0 Å². The first-order valence-electron chi connectivity index (χ1n) is 7.54. The van der Waals surface area contributed by atoms with E-state index < -0.39 is 0 Å². The van der Waals surface area contributed by atoms with Gasteiger partial charge in [-0.05, 0) is 54.9 Å². The van der Waals surface area contributed by atoms with Gasteiger partial charge >= 0.3 is 0 Å². The van der Waals surface area contributed by atoms with Gasteiger partial charge in [0.15, 0.2) is 0 Å². The molecular weight excluding hydrogens is 234 g/mol. The first kappa shape index (κ1) is 14.4. The molecule has 0 bridgehead atoms. The van der Waals surface area contributed by atoms with Crippen molar-refractivity contribution in [3.05, 3.63) is 28.8 Å². The molecule has 1 aliphatic rings. The molecule has 2 N–H and O–H groups in total. The highest BCUT2D eigenvalue weighted by atomic mass is 16.3. The fourth-order valence-corrected chi connectivity index (χ4v) is 3.05. The number of nitrogens with one attached hydrogen (secondary N) is 1. The van der Waals surface area contributed by atoms with Crippen LogP contribution in [0.3, 0.4) is 0 Å². The molecule has 0 amide bonds. The van der Waals surface area contributed by atoms with Crippen LogP contribution in [-0.2, 0) is 12.0 Å². The Morgan fingerprint density at radius 2 is 1.74 bits per heavy atom. The molecule has 1 fully saturated rings. The molecule has 0 atom stereocenters. The van der Waals surface area contributed by atoms with Gasteiger partial charge in [0.05, 0.1) is 13.1 Å². The van der Waals surface area contributed by atoms with Gasteiger partial charge in [-0.15, -0.1) is 0 Å². The average molecular weight is 262 g/mol. The van der Waals surface area contributed by atoms with Crippen molar-refractivity contribution in [2.45, 2.75) is 58.9 Å². The molecule has 0 aromatic heterocycles. The summed E-state index contributed by atoms with van der Waals surface area (Å²) in [6, 6.07) is 4.37. The van der Waals surface area contributed by atoms with Gasteiger partial charge in [-0.1, -0.05) is 20.8 Å². The Morgan fingerprint density at radius 3 is 2.32 bits per heavy atom. The predicted molar refractivity (Wildman–Crippen MR) is 79.8 cm³/mol. The molecule has 0 aliphatic carbocycles. The largest absolute Gasteiger partial charge is 0.507 e. The Bertz CT molecular complexity index is 439. The summed E-state index contributed by atoms with van der Waals surface area (Å²) in [6.07, 6.45) is 4.11. The van der Waals surface area contributed by atoms with Crippen LogP contribution < -0.4 is 4.90 Å². The summed E-state index contributed by atoms with van der Waals surface area (Å²) in [5, 5.41) is 10.3. The number of quaternary nitrogens is 1. The van der Waals surface area contributed by atoms with E-state index in [1.54, 1.807) is 4.90 Å². The lowest BCUT2D eigenvalue weighted by Gasteiger charge is -2.26. The van der Waals surface area contributed by atoms with Crippen LogP contribution in [0.2, 0.25) is 0 Å². The van der Waals surface area contributed by atoms with Gasteiger partial charge in [0.1, 0.15) is 12.3 Å². The number of piperidine rings is 1. The maximum absolute atomic E-state index is 10.3. The zero-order valence-corrected chi connectivity index (χ0v) is 12.8. The third-order valence-corrected chi connectivity index (χ3v) is 4.18. The number of phenols is 1. The van der Waals surface area contributed by atoms with Crippen molar-refractivity contribution < 1.29 is 10.0 Å². The molecule has 0 spiro atoms. The number of rotatable bonds is 2. The molecular formula is C17H28NO+. The summed E-state index contributed by atoms with van der Waals surface area (Å²) in [5.74, 6) is 0.477. The van der Waals surface area contributed by atoms with Gasteiger partial charge < -0.3 is 10.0 Å². The van der Waals surface area contributed by atoms with E-state index in [1.807, 2.05) is 6.92 Å². The molecule has 1 heterocycles. The van der Waals surface area contributed by atoms with Crippen molar-refractivity contribution in [2.24, 2.45) is 0 Å². The van der Waals surface area contributed by atoms with Crippen LogP contribution in [0.5, 0.6) is 5.75 Å². The number of phenolic OH excluding ortho intramolecular Hbond substituents is 1. The van der Waals surface area contributed by atoms with Crippen molar-refractivity contribution >= 4 is 0 Å². The number of aryl methyl sites for hydroxylation is 1. The Labute approximate surface area is 117 Å². The smallest absolute Gasteiger partial charge is 0.122 e. The molecule has 0 radical (unpaired) electrons. The minimum Gasteiger partial charge on any atom is -0.507 e. The number of benzene rings is 1. The quantitative estimate of drug-likeness (QED) is 0.841. The Kier molecular flexibility index (Phi) is 4.19. The van der Waals surface area contributed by atoms with Crippen LogP contribution in [0.1, 0.15) is 56.7 Å². The molecule has 0 unspecified atom stereocenters. The fraction of sp³-hybridized carbons (Fsp3) is 0.647. The second-order valence-corrected chi connectivity index (χ2v) is 7.05. The summed E-state index contributed by atoms with van der Waals surface area (Å²) in [6.45, 7) is 12.2. The van der Waals surface area contributed by atoms with Crippen LogP contribution >= 0.6 is 0 Å². The molecule has 1 saturated heterocycles. The SMILES string of the molecule is Cc1cc(C[NH+]2CCCCC2)cc(C(C)(C)C)c1O. The van der Waals surface area contributed by atoms with E-state index in [1.165, 1.54) is 37.9 Å². The molecule has 2 heteroatoms. The normalized spacial score (nSPS) is 17.7. The Morgan fingerprint density at radius 1 is 1.11 bits per heavy atom. The zero-order chi connectivity index (χ0) is 14.0. The Hall–Kier alpha value is -1.02. The number of likely N-dealkylation sites (tertiary alicyclic amines) is 1. The molecule has 2 rings (SSSR count). The highest BCUT2D eigenvalue weighted by Gasteiger charge is 2.22. The van der Waals surface area contributed by atoms with Gasteiger partial charge in [0.25, 0.3) is 0 Å². The average Bonchev–Trinajstić information content (AvgIpc) is 2.33. The summed E-state index contributed by atoms with van der Waals surface area (Å²) < 4.78 is 0. The van der Waals surface area contributed by atoms with Crippen molar-refractivity contribution in [3.63, 3.8) is 0 Å². The van der Waals surface area contributed by atoms with E-state index in [0.717, 1.165) is 17.7 Å². The lowest BCUT2D eigenvalue weighted by Crippen LogP contribution is -3.11. The van der Waals surface area contributed by atoms with Gasteiger partial charge in [-0.2, -0.15) is 0 Å². The lowest BCUT2D eigenvalue weighted by molar-refractivity contribution is -0.918. The molecule has 19 heavy (non-hydrogen) atoms. The zero-order valence-electron chi connectivity index (χ0n) is 12.8. The van der Waals surface area contributed by atoms with E-state index in [2.05, 4.69) is 32.9 Å². The van der Waals surface area contributed by atoms with E-state index in [-0.39, 0.29) is 5.41 Å². The third-order valence-electron chi connectivity index (χ3n) is 4.18. The highest BCUT2D eigenvalue weighted by Crippen LogP contribution is 2.33. The molecule has 1 aromatic rings. The number of aromatic hydroxyl groups is 1. The second kappa shape index (κ2) is 5.54. The number of hydrogen-bond donors (Lipinski definition) is 2. The van der Waals surface area contributed by atoms with Crippen LogP contribution in [-0.4, -0.2) is 18.2 Å². The van der Waals surface area contributed by atoms with E-state index in [4.69, 9.17) is 0 Å². The van der Waals surface area contributed by atoms with Crippen molar-refractivity contribution in [2.75, 3.05) is 13.1 Å². The molecule has 0 saturated carbocycles. The second-order valence-electron chi connectivity index (χ2n) is 7.05. The van der Waals surface area contributed by atoms with Crippen molar-refractivity contribution in [1.29, 1.82) is 0 Å². The molecule has 2 nitrogen and oxygen atoms in total. The monoisotopic (exact) mass is 262 g/mol. The molecule has 1 aliphatic heterocycles. The summed E-state index contributed by atoms with van der Waals surface area (Å²) in [7, 11) is 0. The fourth-order valence-electron chi connectivity index (χ4n) is 3.05. The van der Waals surface area contributed by atoms with Gasteiger partial charge in [0.2, 0.25) is 0 Å². The van der Waals surface area contributed by atoms with E-state index >= 15 is 0 Å². The van der Waals surface area contributed by atoms with Crippen LogP contribution in [0.25, 0.3) is 0 Å². The first-order valence-corrected chi connectivity index (χ1v) is 7.54. The maximum atomic E-state index is 10.3. The maximum Gasteiger partial charge on any atom is 0.122 e. The molecule has 106 valence electrons. The Balaban J connectivity index is 2.23. The standard InChI is InChI=1S/C17H27NO/c1-13-10-14(12-18-8-6-5-7-9-18)11-15(16(13)19)17(2,3)4/h10-11,19H,5-9,12H2,1-4H3/p+1. The summed E-state index contributed by atoms with van der Waals surface area (Å²) in [5.41, 5.74) is 3.47. The van der Waals surface area contributed by atoms with Gasteiger partial charge in [0, 0.05) is 5.56 Å². The minimum atomic E-state index is 0.00207. The first-order chi connectivity index (χ1) is 8.88. The predicted octanol–water partition coefficient (Wildman–Crippen LogP) is 2.57. The number of hydrogen-bond acceptors (Lipinski definition) is 1. The van der Waals surface area contributed by atoms with Gasteiger partial charge in [-0.3, -0.25) is 0 Å².